The highest BCUT2D eigenvalue weighted by atomic mass is 32.1. The number of hydrogen-bond acceptors (Lipinski definition) is 3. The molecule has 14 heavy (non-hydrogen) atoms. The van der Waals surface area contributed by atoms with Gasteiger partial charge < -0.3 is 9.47 Å². The average Bonchev–Trinajstić information content (AvgIpc) is 2.75. The Morgan fingerprint density at radius 3 is 2.71 bits per heavy atom. The van der Waals surface area contributed by atoms with Gasteiger partial charge >= 0.3 is 0 Å². The normalized spacial score (nSPS) is 20.1. The van der Waals surface area contributed by atoms with Gasteiger partial charge in [0.05, 0.1) is 18.1 Å². The summed E-state index contributed by atoms with van der Waals surface area (Å²) in [5.41, 5.74) is 0. The van der Waals surface area contributed by atoms with Crippen LogP contribution in [0.4, 0.5) is 0 Å². The van der Waals surface area contributed by atoms with Gasteiger partial charge in [0.1, 0.15) is 0 Å². The molecule has 1 aliphatic heterocycles. The van der Waals surface area contributed by atoms with Crippen molar-refractivity contribution in [3.05, 3.63) is 21.9 Å². The summed E-state index contributed by atoms with van der Waals surface area (Å²) in [6.45, 7) is 5.61. The van der Waals surface area contributed by atoms with Crippen LogP contribution >= 0.6 is 11.3 Å². The Labute approximate surface area is 88.8 Å². The van der Waals surface area contributed by atoms with Crippen LogP contribution in [-0.2, 0) is 21.7 Å². The van der Waals surface area contributed by atoms with E-state index in [1.165, 1.54) is 16.2 Å². The predicted octanol–water partition coefficient (Wildman–Crippen LogP) is 2.92. The van der Waals surface area contributed by atoms with E-state index in [0.29, 0.717) is 13.2 Å². The molecule has 0 bridgehead atoms. The molecule has 78 valence electrons. The summed E-state index contributed by atoms with van der Waals surface area (Å²) < 4.78 is 11.2. The highest BCUT2D eigenvalue weighted by molar-refractivity contribution is 7.12. The molecule has 2 nitrogen and oxygen atoms in total. The van der Waals surface area contributed by atoms with Crippen LogP contribution in [0.3, 0.4) is 0 Å². The summed E-state index contributed by atoms with van der Waals surface area (Å²) in [5, 5.41) is 0. The molecule has 1 aliphatic rings. The maximum Gasteiger partial charge on any atom is 0.201 e. The van der Waals surface area contributed by atoms with Gasteiger partial charge in [0.2, 0.25) is 5.79 Å². The highest BCUT2D eigenvalue weighted by Gasteiger charge is 2.34. The van der Waals surface area contributed by atoms with Gasteiger partial charge in [-0.15, -0.1) is 11.3 Å². The topological polar surface area (TPSA) is 18.5 Å². The van der Waals surface area contributed by atoms with Crippen LogP contribution < -0.4 is 0 Å². The average molecular weight is 212 g/mol. The van der Waals surface area contributed by atoms with Crippen molar-refractivity contribution in [2.45, 2.75) is 32.5 Å². The van der Waals surface area contributed by atoms with Crippen LogP contribution in [0.5, 0.6) is 0 Å². The first kappa shape index (κ1) is 10.1. The smallest absolute Gasteiger partial charge is 0.201 e. The van der Waals surface area contributed by atoms with E-state index in [1.54, 1.807) is 11.3 Å². The van der Waals surface area contributed by atoms with E-state index in [9.17, 15) is 0 Å². The molecular formula is C11H16O2S. The lowest BCUT2D eigenvalue weighted by Crippen LogP contribution is -2.20. The van der Waals surface area contributed by atoms with Crippen LogP contribution in [-0.4, -0.2) is 13.2 Å². The van der Waals surface area contributed by atoms with E-state index in [4.69, 9.17) is 9.47 Å². The van der Waals surface area contributed by atoms with Crippen molar-refractivity contribution < 1.29 is 9.47 Å². The third-order valence-corrected chi connectivity index (χ3v) is 3.77. The van der Waals surface area contributed by atoms with Crippen LogP contribution in [0.25, 0.3) is 0 Å². The van der Waals surface area contributed by atoms with Crippen molar-refractivity contribution in [1.82, 2.24) is 0 Å². The Morgan fingerprint density at radius 2 is 2.07 bits per heavy atom. The van der Waals surface area contributed by atoms with Crippen LogP contribution in [0, 0.1) is 0 Å². The SMILES string of the molecule is CCCc1ccc(C2(C)OCCO2)s1. The second-order valence-corrected chi connectivity index (χ2v) is 4.83. The lowest BCUT2D eigenvalue weighted by atomic mass is 10.2. The molecule has 2 rings (SSSR count). The minimum absolute atomic E-state index is 0.476. The summed E-state index contributed by atoms with van der Waals surface area (Å²) in [5.74, 6) is -0.476. The van der Waals surface area contributed by atoms with Gasteiger partial charge in [-0.25, -0.2) is 0 Å². The summed E-state index contributed by atoms with van der Waals surface area (Å²) in [7, 11) is 0. The molecule has 1 aromatic heterocycles. The number of ether oxygens (including phenoxy) is 2. The number of rotatable bonds is 3. The molecule has 0 N–H and O–H groups in total. The quantitative estimate of drug-likeness (QED) is 0.767. The first-order valence-corrected chi connectivity index (χ1v) is 5.93. The molecule has 1 aromatic rings. The molecule has 0 radical (unpaired) electrons. The van der Waals surface area contributed by atoms with Crippen molar-refractivity contribution in [2.75, 3.05) is 13.2 Å². The second kappa shape index (κ2) is 4.01. The van der Waals surface area contributed by atoms with Crippen molar-refractivity contribution >= 4 is 11.3 Å². The van der Waals surface area contributed by atoms with Gasteiger partial charge in [0.25, 0.3) is 0 Å². The monoisotopic (exact) mass is 212 g/mol. The van der Waals surface area contributed by atoms with E-state index < -0.39 is 5.79 Å². The van der Waals surface area contributed by atoms with E-state index in [1.807, 2.05) is 6.92 Å². The summed E-state index contributed by atoms with van der Waals surface area (Å²) in [6, 6.07) is 4.31. The van der Waals surface area contributed by atoms with E-state index in [-0.39, 0.29) is 0 Å². The molecule has 1 fully saturated rings. The van der Waals surface area contributed by atoms with E-state index in [0.717, 1.165) is 6.42 Å². The molecule has 0 spiro atoms. The number of aryl methyl sites for hydroxylation is 1. The van der Waals surface area contributed by atoms with Crippen molar-refractivity contribution in [1.29, 1.82) is 0 Å². The zero-order valence-corrected chi connectivity index (χ0v) is 9.52. The predicted molar refractivity (Wildman–Crippen MR) is 57.6 cm³/mol. The Bertz CT molecular complexity index is 300. The molecule has 3 heteroatoms. The first-order valence-electron chi connectivity index (χ1n) is 5.12. The summed E-state index contributed by atoms with van der Waals surface area (Å²) >= 11 is 1.80. The van der Waals surface area contributed by atoms with Gasteiger partial charge in [0, 0.05) is 4.88 Å². The van der Waals surface area contributed by atoms with Gasteiger partial charge in [-0.3, -0.25) is 0 Å². The fraction of sp³-hybridized carbons (Fsp3) is 0.636. The van der Waals surface area contributed by atoms with Gasteiger partial charge in [-0.05, 0) is 25.5 Å². The lowest BCUT2D eigenvalue weighted by molar-refractivity contribution is -0.146. The van der Waals surface area contributed by atoms with Crippen LogP contribution in [0.2, 0.25) is 0 Å². The van der Waals surface area contributed by atoms with Gasteiger partial charge in [0.15, 0.2) is 0 Å². The Kier molecular flexibility index (Phi) is 2.91. The molecule has 0 aromatic carbocycles. The minimum atomic E-state index is -0.476. The third kappa shape index (κ3) is 1.85. The van der Waals surface area contributed by atoms with E-state index >= 15 is 0 Å². The Balaban J connectivity index is 2.15. The van der Waals surface area contributed by atoms with Gasteiger partial charge in [-0.1, -0.05) is 13.3 Å². The maximum atomic E-state index is 5.61. The number of hydrogen-bond donors (Lipinski definition) is 0. The highest BCUT2D eigenvalue weighted by Crippen LogP contribution is 2.35. The van der Waals surface area contributed by atoms with Crippen molar-refractivity contribution in [2.24, 2.45) is 0 Å². The molecule has 2 heterocycles. The zero-order valence-electron chi connectivity index (χ0n) is 8.71. The summed E-state index contributed by atoms with van der Waals surface area (Å²) in [4.78, 5) is 2.61. The van der Waals surface area contributed by atoms with Gasteiger partial charge in [-0.2, -0.15) is 0 Å². The molecule has 0 aliphatic carbocycles. The fourth-order valence-electron chi connectivity index (χ4n) is 1.66. The van der Waals surface area contributed by atoms with E-state index in [2.05, 4.69) is 19.1 Å². The molecule has 0 amide bonds. The zero-order chi connectivity index (χ0) is 10.0. The van der Waals surface area contributed by atoms with Crippen molar-refractivity contribution in [3.8, 4) is 0 Å². The molecule has 0 unspecified atom stereocenters. The molecular weight excluding hydrogens is 196 g/mol. The second-order valence-electron chi connectivity index (χ2n) is 3.66. The standard InChI is InChI=1S/C11H16O2S/c1-3-4-9-5-6-10(14-9)11(2)12-7-8-13-11/h5-6H,3-4,7-8H2,1-2H3. The molecule has 0 atom stereocenters. The Hall–Kier alpha value is -0.380. The summed E-state index contributed by atoms with van der Waals surface area (Å²) in [6.07, 6.45) is 2.35. The fourth-order valence-corrected chi connectivity index (χ4v) is 2.82. The third-order valence-electron chi connectivity index (χ3n) is 2.44. The minimum Gasteiger partial charge on any atom is -0.343 e. The molecule has 0 saturated carbocycles. The van der Waals surface area contributed by atoms with Crippen LogP contribution in [0.15, 0.2) is 12.1 Å². The Morgan fingerprint density at radius 1 is 1.36 bits per heavy atom. The van der Waals surface area contributed by atoms with Crippen LogP contribution in [0.1, 0.15) is 30.0 Å². The first-order chi connectivity index (χ1) is 6.74. The maximum absolute atomic E-state index is 5.61. The molecule has 1 saturated heterocycles. The largest absolute Gasteiger partial charge is 0.343 e. The number of thiophene rings is 1. The van der Waals surface area contributed by atoms with Crippen molar-refractivity contribution in [3.63, 3.8) is 0 Å². The lowest BCUT2D eigenvalue weighted by Gasteiger charge is -2.20.